The van der Waals surface area contributed by atoms with Gasteiger partial charge in [0.25, 0.3) is 6.43 Å². The van der Waals surface area contributed by atoms with Gasteiger partial charge in [0.15, 0.2) is 0 Å². The van der Waals surface area contributed by atoms with E-state index in [1.54, 1.807) is 20.2 Å². The number of hydrogen-bond acceptors (Lipinski definition) is 4. The first-order valence-corrected chi connectivity index (χ1v) is 9.93. The van der Waals surface area contributed by atoms with E-state index in [9.17, 15) is 13.2 Å². The number of fused-ring (bicyclic) bond motifs is 1. The van der Waals surface area contributed by atoms with Gasteiger partial charge in [0.2, 0.25) is 0 Å². The first-order valence-electron chi connectivity index (χ1n) is 9.93. The molecule has 1 unspecified atom stereocenters. The van der Waals surface area contributed by atoms with Gasteiger partial charge < -0.3 is 15.4 Å². The van der Waals surface area contributed by atoms with E-state index in [1.165, 1.54) is 12.1 Å². The van der Waals surface area contributed by atoms with Crippen LogP contribution in [0.5, 0.6) is 0 Å². The Morgan fingerprint density at radius 2 is 1.97 bits per heavy atom. The molecule has 30 heavy (non-hydrogen) atoms. The van der Waals surface area contributed by atoms with E-state index < -0.39 is 29.4 Å². The first-order chi connectivity index (χ1) is 14.4. The maximum Gasteiger partial charge on any atom is 0.266 e. The van der Waals surface area contributed by atoms with Gasteiger partial charge in [-0.25, -0.2) is 13.2 Å². The zero-order valence-corrected chi connectivity index (χ0v) is 16.9. The summed E-state index contributed by atoms with van der Waals surface area (Å²) in [6.45, 7) is 3.35. The highest BCUT2D eigenvalue weighted by molar-refractivity contribution is 5.91. The van der Waals surface area contributed by atoms with Gasteiger partial charge in [0.1, 0.15) is 11.4 Å². The Kier molecular flexibility index (Phi) is 5.66. The summed E-state index contributed by atoms with van der Waals surface area (Å²) >= 11 is 0. The lowest BCUT2D eigenvalue weighted by Gasteiger charge is -2.28. The van der Waals surface area contributed by atoms with E-state index in [0.29, 0.717) is 0 Å². The molecule has 1 aromatic heterocycles. The average Bonchev–Trinajstić information content (AvgIpc) is 3.24. The van der Waals surface area contributed by atoms with Crippen molar-refractivity contribution in [1.82, 2.24) is 10.3 Å². The van der Waals surface area contributed by atoms with Crippen LogP contribution in [0, 0.1) is 5.82 Å². The standard InChI is InChI=1S/C23H24F3N3O/c1-14(16-4-3-5-17(21(16)24)22(25)26)29-20-8-10-28-19-7-6-15(12-18(19)20)23(30-2)9-11-27-13-23/h3-8,10,12,14,22,27H,9,11,13H2,1-2H3,(H,28,29)/t14-,23?/m1/s1. The normalized spacial score (nSPS) is 20.1. The van der Waals surface area contributed by atoms with Crippen LogP contribution in [0.15, 0.2) is 48.7 Å². The van der Waals surface area contributed by atoms with Crippen LogP contribution in [0.3, 0.4) is 0 Å². The molecule has 4 nitrogen and oxygen atoms in total. The second-order valence-electron chi connectivity index (χ2n) is 7.63. The molecule has 7 heteroatoms. The molecule has 4 rings (SSSR count). The minimum atomic E-state index is -2.85. The summed E-state index contributed by atoms with van der Waals surface area (Å²) < 4.78 is 46.6. The van der Waals surface area contributed by atoms with E-state index in [2.05, 4.69) is 15.6 Å². The van der Waals surface area contributed by atoms with Crippen LogP contribution in [0.2, 0.25) is 0 Å². The number of halogens is 3. The van der Waals surface area contributed by atoms with Crippen molar-refractivity contribution >= 4 is 16.6 Å². The minimum absolute atomic E-state index is 0.197. The van der Waals surface area contributed by atoms with Gasteiger partial charge in [-0.2, -0.15) is 0 Å². The smallest absolute Gasteiger partial charge is 0.266 e. The van der Waals surface area contributed by atoms with Crippen LogP contribution in [0.25, 0.3) is 10.9 Å². The molecule has 0 spiro atoms. The Labute approximate surface area is 173 Å². The fourth-order valence-electron chi connectivity index (χ4n) is 4.15. The molecule has 1 aliphatic rings. The van der Waals surface area contributed by atoms with Crippen molar-refractivity contribution in [2.75, 3.05) is 25.5 Å². The summed E-state index contributed by atoms with van der Waals surface area (Å²) in [6.07, 6.45) is -0.321. The number of pyridine rings is 1. The van der Waals surface area contributed by atoms with Crippen LogP contribution >= 0.6 is 0 Å². The van der Waals surface area contributed by atoms with Crippen molar-refractivity contribution in [3.8, 4) is 0 Å². The molecule has 0 bridgehead atoms. The highest BCUT2D eigenvalue weighted by Gasteiger charge is 2.35. The number of aromatic nitrogens is 1. The van der Waals surface area contributed by atoms with Crippen LogP contribution in [-0.4, -0.2) is 25.2 Å². The molecule has 0 amide bonds. The average molecular weight is 415 g/mol. The van der Waals surface area contributed by atoms with Crippen LogP contribution in [-0.2, 0) is 10.3 Å². The fraction of sp³-hybridized carbons (Fsp3) is 0.348. The monoisotopic (exact) mass is 415 g/mol. The van der Waals surface area contributed by atoms with Gasteiger partial charge in [0.05, 0.1) is 17.1 Å². The highest BCUT2D eigenvalue weighted by Crippen LogP contribution is 2.36. The number of nitrogens with zero attached hydrogens (tertiary/aromatic N) is 1. The van der Waals surface area contributed by atoms with E-state index in [0.717, 1.165) is 47.7 Å². The van der Waals surface area contributed by atoms with Crippen LogP contribution in [0.4, 0.5) is 18.9 Å². The van der Waals surface area contributed by atoms with E-state index in [-0.39, 0.29) is 5.56 Å². The lowest BCUT2D eigenvalue weighted by Crippen LogP contribution is -2.30. The molecule has 3 aromatic rings. The molecule has 2 N–H and O–H groups in total. The van der Waals surface area contributed by atoms with Crippen molar-refractivity contribution in [3.63, 3.8) is 0 Å². The molecule has 2 heterocycles. The van der Waals surface area contributed by atoms with Crippen molar-refractivity contribution < 1.29 is 17.9 Å². The Morgan fingerprint density at radius 3 is 2.67 bits per heavy atom. The number of ether oxygens (including phenoxy) is 1. The topological polar surface area (TPSA) is 46.2 Å². The molecular weight excluding hydrogens is 391 g/mol. The SMILES string of the molecule is COC1(c2ccc3nccc(N[C@H](C)c4cccc(C(F)F)c4F)c3c2)CCNC1. The molecule has 0 aliphatic carbocycles. The lowest BCUT2D eigenvalue weighted by atomic mass is 9.91. The fourth-order valence-corrected chi connectivity index (χ4v) is 4.15. The number of alkyl halides is 2. The van der Waals surface area contributed by atoms with Crippen LogP contribution in [0.1, 0.15) is 42.5 Å². The Bertz CT molecular complexity index is 1050. The number of hydrogen-bond donors (Lipinski definition) is 2. The summed E-state index contributed by atoms with van der Waals surface area (Å²) in [5.74, 6) is -0.873. The highest BCUT2D eigenvalue weighted by atomic mass is 19.3. The number of nitrogens with one attached hydrogen (secondary N) is 2. The largest absolute Gasteiger partial charge is 0.378 e. The first kappa shape index (κ1) is 20.6. The third-order valence-electron chi connectivity index (χ3n) is 5.91. The number of benzene rings is 2. The molecule has 1 fully saturated rings. The van der Waals surface area contributed by atoms with Crippen molar-refractivity contribution in [2.24, 2.45) is 0 Å². The van der Waals surface area contributed by atoms with Crippen LogP contribution < -0.4 is 10.6 Å². The summed E-state index contributed by atoms with van der Waals surface area (Å²) in [7, 11) is 1.71. The van der Waals surface area contributed by atoms with E-state index >= 15 is 0 Å². The van der Waals surface area contributed by atoms with E-state index in [1.807, 2.05) is 24.3 Å². The maximum atomic E-state index is 14.6. The summed E-state index contributed by atoms with van der Waals surface area (Å²) in [6, 6.07) is 11.4. The zero-order chi connectivity index (χ0) is 21.3. The summed E-state index contributed by atoms with van der Waals surface area (Å²) in [4.78, 5) is 4.42. The molecule has 0 saturated carbocycles. The molecule has 1 aliphatic heterocycles. The third kappa shape index (κ3) is 3.63. The quantitative estimate of drug-likeness (QED) is 0.572. The Balaban J connectivity index is 1.71. The van der Waals surface area contributed by atoms with Gasteiger partial charge >= 0.3 is 0 Å². The van der Waals surface area contributed by atoms with Crippen molar-refractivity contribution in [2.45, 2.75) is 31.4 Å². The second kappa shape index (κ2) is 8.24. The second-order valence-corrected chi connectivity index (χ2v) is 7.63. The predicted molar refractivity (Wildman–Crippen MR) is 111 cm³/mol. The van der Waals surface area contributed by atoms with Crippen molar-refractivity contribution in [3.05, 3.63) is 71.2 Å². The van der Waals surface area contributed by atoms with Gasteiger partial charge in [0, 0.05) is 36.5 Å². The van der Waals surface area contributed by atoms with Gasteiger partial charge in [-0.3, -0.25) is 4.98 Å². The molecule has 1 saturated heterocycles. The predicted octanol–water partition coefficient (Wildman–Crippen LogP) is 5.32. The zero-order valence-electron chi connectivity index (χ0n) is 16.9. The summed E-state index contributed by atoms with van der Waals surface area (Å²) in [5.41, 5.74) is 1.80. The number of anilines is 1. The Morgan fingerprint density at radius 1 is 1.17 bits per heavy atom. The maximum absolute atomic E-state index is 14.6. The van der Waals surface area contributed by atoms with E-state index in [4.69, 9.17) is 4.74 Å². The molecule has 158 valence electrons. The lowest BCUT2D eigenvalue weighted by molar-refractivity contribution is 0.00336. The number of methoxy groups -OCH3 is 1. The molecule has 0 radical (unpaired) electrons. The number of rotatable bonds is 6. The molecule has 2 aromatic carbocycles. The minimum Gasteiger partial charge on any atom is -0.378 e. The third-order valence-corrected chi connectivity index (χ3v) is 5.91. The van der Waals surface area contributed by atoms with Gasteiger partial charge in [-0.1, -0.05) is 24.3 Å². The summed E-state index contributed by atoms with van der Waals surface area (Å²) in [5, 5.41) is 7.49. The van der Waals surface area contributed by atoms with Crippen molar-refractivity contribution in [1.29, 1.82) is 0 Å². The Hall–Kier alpha value is -2.64. The van der Waals surface area contributed by atoms with Gasteiger partial charge in [-0.15, -0.1) is 0 Å². The molecule has 2 atom stereocenters. The molecular formula is C23H24F3N3O. The van der Waals surface area contributed by atoms with Gasteiger partial charge in [-0.05, 0) is 43.7 Å².